The second-order valence-corrected chi connectivity index (χ2v) is 9.55. The number of hydrogen-bond donors (Lipinski definition) is 7. The van der Waals surface area contributed by atoms with Gasteiger partial charge < -0.3 is 55.1 Å². The number of methoxy groups -OCH3 is 1. The smallest absolute Gasteiger partial charge is 0.251 e. The molecule has 0 radical (unpaired) electrons. The van der Waals surface area contributed by atoms with E-state index in [9.17, 15) is 35.1 Å². The van der Waals surface area contributed by atoms with Crippen molar-refractivity contribution in [2.75, 3.05) is 20.3 Å². The van der Waals surface area contributed by atoms with Crippen LogP contribution in [-0.2, 0) is 23.7 Å². The topological polar surface area (TPSA) is 196 Å². The number of aliphatic hydroxyl groups is 5. The van der Waals surface area contributed by atoms with Gasteiger partial charge in [-0.2, -0.15) is 0 Å². The molecule has 2 amide bonds. The van der Waals surface area contributed by atoms with E-state index in [-0.39, 0.29) is 5.56 Å². The fourth-order valence-electron chi connectivity index (χ4n) is 4.92. The molecule has 0 saturated carbocycles. The van der Waals surface area contributed by atoms with E-state index in [1.807, 2.05) is 24.3 Å². The Balaban J connectivity index is 1.54. The van der Waals surface area contributed by atoms with E-state index in [0.29, 0.717) is 0 Å². The highest BCUT2D eigenvalue weighted by atomic mass is 16.7. The van der Waals surface area contributed by atoms with Crippen LogP contribution in [0.2, 0.25) is 0 Å². The van der Waals surface area contributed by atoms with Crippen molar-refractivity contribution < 1.29 is 54.1 Å². The Morgan fingerprint density at radius 1 is 0.846 bits per heavy atom. The number of rotatable bonds is 8. The maximum atomic E-state index is 13.1. The molecule has 2 aliphatic heterocycles. The number of carbonyl (C=O) groups is 2. The Hall–Kier alpha value is -2.72. The van der Waals surface area contributed by atoms with Crippen LogP contribution in [0.3, 0.4) is 0 Å². The zero-order chi connectivity index (χ0) is 28.3. The zero-order valence-corrected chi connectivity index (χ0v) is 21.4. The minimum Gasteiger partial charge on any atom is -0.394 e. The van der Waals surface area contributed by atoms with Gasteiger partial charge in [0.05, 0.1) is 19.3 Å². The van der Waals surface area contributed by atoms with E-state index in [1.165, 1.54) is 14.0 Å². The summed E-state index contributed by atoms with van der Waals surface area (Å²) < 4.78 is 22.2. The first-order valence-corrected chi connectivity index (χ1v) is 12.5. The minimum absolute atomic E-state index is 0.276. The van der Waals surface area contributed by atoms with Crippen LogP contribution in [0.4, 0.5) is 0 Å². The molecule has 0 bridgehead atoms. The molecule has 2 aromatic carbocycles. The van der Waals surface area contributed by atoms with Crippen LogP contribution in [0, 0.1) is 0 Å². The predicted molar refractivity (Wildman–Crippen MR) is 134 cm³/mol. The average Bonchev–Trinajstić information content (AvgIpc) is 2.93. The van der Waals surface area contributed by atoms with Gasteiger partial charge in [-0.15, -0.1) is 0 Å². The standard InChI is InChI=1S/C26H34N2O11/c1-12(31)27-19-21(33)23(17(11-30)38-25(19)36-2)39-26-22(34)18(20(32)16(10-29)37-26)28-24(35)15-8-7-13-5-3-4-6-14(13)9-15/h3-9,16-23,25-26,29-30,32-34H,10-11H2,1-2H3,(H,27,31)(H,28,35)/t16?,17?,18?,19?,20-,21?,22?,23+,25+,26-/m0/s1. The molecule has 7 N–H and O–H groups in total. The Morgan fingerprint density at radius 3 is 2.15 bits per heavy atom. The number of ether oxygens (including phenoxy) is 4. The summed E-state index contributed by atoms with van der Waals surface area (Å²) in [4.78, 5) is 24.8. The van der Waals surface area contributed by atoms with Crippen molar-refractivity contribution in [3.05, 3.63) is 48.0 Å². The van der Waals surface area contributed by atoms with Gasteiger partial charge in [-0.1, -0.05) is 30.3 Å². The lowest BCUT2D eigenvalue weighted by Gasteiger charge is -2.47. The Labute approximate surface area is 224 Å². The molecule has 0 spiro atoms. The SMILES string of the molecule is CO[C@@H]1OC(CO)[C@@H](O[C@@H]2OC(CO)[C@H](O)C(NC(=O)c3ccc4ccccc4c3)C2O)C(O)C1NC(C)=O. The van der Waals surface area contributed by atoms with E-state index in [0.717, 1.165) is 10.8 Å². The van der Waals surface area contributed by atoms with E-state index < -0.39 is 86.3 Å². The molecule has 4 rings (SSSR count). The van der Waals surface area contributed by atoms with Gasteiger partial charge in [-0.05, 0) is 22.9 Å². The zero-order valence-electron chi connectivity index (χ0n) is 21.4. The summed E-state index contributed by atoms with van der Waals surface area (Å²) in [7, 11) is 1.30. The molecule has 214 valence electrons. The number of amides is 2. The molecule has 2 saturated heterocycles. The van der Waals surface area contributed by atoms with Crippen LogP contribution < -0.4 is 10.6 Å². The van der Waals surface area contributed by atoms with Crippen LogP contribution in [0.25, 0.3) is 10.8 Å². The molecule has 2 aliphatic rings. The lowest BCUT2D eigenvalue weighted by Crippen LogP contribution is -2.69. The summed E-state index contributed by atoms with van der Waals surface area (Å²) in [5.41, 5.74) is 0.276. The quantitative estimate of drug-likeness (QED) is 0.192. The highest BCUT2D eigenvalue weighted by Gasteiger charge is 2.51. The summed E-state index contributed by atoms with van der Waals surface area (Å²) in [6, 6.07) is 10.0. The molecule has 13 heteroatoms. The van der Waals surface area contributed by atoms with Crippen LogP contribution in [0.1, 0.15) is 17.3 Å². The first kappa shape index (κ1) is 29.3. The highest BCUT2D eigenvalue weighted by Crippen LogP contribution is 2.30. The van der Waals surface area contributed by atoms with Gasteiger partial charge in [-0.3, -0.25) is 9.59 Å². The van der Waals surface area contributed by atoms with Gasteiger partial charge >= 0.3 is 0 Å². The molecule has 13 nitrogen and oxygen atoms in total. The van der Waals surface area contributed by atoms with Gasteiger partial charge in [0.25, 0.3) is 5.91 Å². The van der Waals surface area contributed by atoms with Crippen molar-refractivity contribution in [3.63, 3.8) is 0 Å². The van der Waals surface area contributed by atoms with Crippen molar-refractivity contribution in [3.8, 4) is 0 Å². The molecule has 6 unspecified atom stereocenters. The summed E-state index contributed by atoms with van der Waals surface area (Å²) in [6.45, 7) is -0.0631. The van der Waals surface area contributed by atoms with Crippen molar-refractivity contribution in [2.24, 2.45) is 0 Å². The van der Waals surface area contributed by atoms with Gasteiger partial charge in [-0.25, -0.2) is 0 Å². The van der Waals surface area contributed by atoms with Gasteiger partial charge in [0.2, 0.25) is 5.91 Å². The van der Waals surface area contributed by atoms with Crippen LogP contribution in [-0.4, -0.2) is 119 Å². The lowest BCUT2D eigenvalue weighted by atomic mass is 9.94. The Kier molecular flexibility index (Phi) is 9.48. The largest absolute Gasteiger partial charge is 0.394 e. The Morgan fingerprint density at radius 2 is 1.51 bits per heavy atom. The number of fused-ring (bicyclic) bond motifs is 1. The van der Waals surface area contributed by atoms with Gasteiger partial charge in [0.15, 0.2) is 12.6 Å². The maximum Gasteiger partial charge on any atom is 0.251 e. The molecule has 2 aromatic rings. The van der Waals surface area contributed by atoms with E-state index in [1.54, 1.807) is 18.2 Å². The minimum atomic E-state index is -1.67. The molecular weight excluding hydrogens is 516 g/mol. The molecule has 2 heterocycles. The van der Waals surface area contributed by atoms with Crippen molar-refractivity contribution in [2.45, 2.75) is 68.2 Å². The average molecular weight is 551 g/mol. The normalized spacial score (nSPS) is 34.9. The number of aliphatic hydroxyl groups excluding tert-OH is 5. The fraction of sp³-hybridized carbons (Fsp3) is 0.538. The van der Waals surface area contributed by atoms with E-state index in [4.69, 9.17) is 18.9 Å². The first-order chi connectivity index (χ1) is 18.7. The number of benzene rings is 2. The lowest BCUT2D eigenvalue weighted by molar-refractivity contribution is -0.336. The van der Waals surface area contributed by atoms with E-state index >= 15 is 0 Å². The molecule has 39 heavy (non-hydrogen) atoms. The first-order valence-electron chi connectivity index (χ1n) is 12.5. The van der Waals surface area contributed by atoms with Crippen LogP contribution in [0.5, 0.6) is 0 Å². The van der Waals surface area contributed by atoms with Gasteiger partial charge in [0.1, 0.15) is 42.7 Å². The number of hydrogen-bond acceptors (Lipinski definition) is 11. The number of carbonyl (C=O) groups excluding carboxylic acids is 2. The Bertz CT molecular complexity index is 1150. The summed E-state index contributed by atoms with van der Waals surface area (Å²) in [5, 5.41) is 59.3. The molecule has 0 aromatic heterocycles. The molecular formula is C26H34N2O11. The fourth-order valence-corrected chi connectivity index (χ4v) is 4.92. The summed E-state index contributed by atoms with van der Waals surface area (Å²) in [5.74, 6) is -1.08. The summed E-state index contributed by atoms with van der Waals surface area (Å²) in [6.07, 6.45) is -11.1. The third kappa shape index (κ3) is 6.22. The maximum absolute atomic E-state index is 13.1. The summed E-state index contributed by atoms with van der Waals surface area (Å²) >= 11 is 0. The third-order valence-corrected chi connectivity index (χ3v) is 6.94. The van der Waals surface area contributed by atoms with Crippen molar-refractivity contribution in [1.29, 1.82) is 0 Å². The third-order valence-electron chi connectivity index (χ3n) is 6.94. The van der Waals surface area contributed by atoms with Crippen LogP contribution in [0.15, 0.2) is 42.5 Å². The predicted octanol–water partition coefficient (Wildman–Crippen LogP) is -2.01. The van der Waals surface area contributed by atoms with Crippen molar-refractivity contribution in [1.82, 2.24) is 10.6 Å². The monoisotopic (exact) mass is 550 g/mol. The van der Waals surface area contributed by atoms with E-state index in [2.05, 4.69) is 10.6 Å². The van der Waals surface area contributed by atoms with Gasteiger partial charge in [0, 0.05) is 19.6 Å². The molecule has 0 aliphatic carbocycles. The molecule has 2 fully saturated rings. The van der Waals surface area contributed by atoms with Crippen LogP contribution >= 0.6 is 0 Å². The van der Waals surface area contributed by atoms with Crippen molar-refractivity contribution >= 4 is 22.6 Å². The highest BCUT2D eigenvalue weighted by molar-refractivity contribution is 5.98. The molecule has 10 atom stereocenters. The second-order valence-electron chi connectivity index (χ2n) is 9.55. The second kappa shape index (κ2) is 12.6. The number of nitrogens with one attached hydrogen (secondary N) is 2.